The Hall–Kier alpha value is -1.89. The molecule has 2 rings (SSSR count). The fourth-order valence-electron chi connectivity index (χ4n) is 2.16. The molecule has 0 spiro atoms. The van der Waals surface area contributed by atoms with Gasteiger partial charge >= 0.3 is 0 Å². The van der Waals surface area contributed by atoms with Gasteiger partial charge in [-0.2, -0.15) is 0 Å². The Labute approximate surface area is 108 Å². The van der Waals surface area contributed by atoms with Crippen LogP contribution in [0.3, 0.4) is 0 Å². The van der Waals surface area contributed by atoms with E-state index in [1.54, 1.807) is 0 Å². The Kier molecular flexibility index (Phi) is 3.61. The molecule has 0 aromatic heterocycles. The van der Waals surface area contributed by atoms with Crippen molar-refractivity contribution in [2.75, 3.05) is 0 Å². The van der Waals surface area contributed by atoms with Crippen molar-refractivity contribution in [2.45, 2.75) is 25.7 Å². The lowest BCUT2D eigenvalue weighted by Gasteiger charge is -2.23. The fourth-order valence-corrected chi connectivity index (χ4v) is 2.16. The molecular weight excluding hydrogens is 220 g/mol. The van der Waals surface area contributed by atoms with Gasteiger partial charge in [0.05, 0.1) is 5.41 Å². The van der Waals surface area contributed by atoms with E-state index in [0.29, 0.717) is 0 Å². The highest BCUT2D eigenvalue weighted by molar-refractivity contribution is 5.68. The summed E-state index contributed by atoms with van der Waals surface area (Å²) in [4.78, 5) is 11.5. The highest BCUT2D eigenvalue weighted by Gasteiger charge is 2.26. The summed E-state index contributed by atoms with van der Waals surface area (Å²) >= 11 is 0. The normalized spacial score (nSPS) is 13.9. The summed E-state index contributed by atoms with van der Waals surface area (Å²) in [6.07, 6.45) is 1.79. The van der Waals surface area contributed by atoms with Gasteiger partial charge in [0, 0.05) is 0 Å². The summed E-state index contributed by atoms with van der Waals surface area (Å²) in [5, 5.41) is 0. The minimum Gasteiger partial charge on any atom is -0.302 e. The van der Waals surface area contributed by atoms with E-state index >= 15 is 0 Å². The molecule has 0 amide bonds. The molecule has 0 N–H and O–H groups in total. The minimum absolute atomic E-state index is 0.448. The molecule has 92 valence electrons. The Bertz CT molecular complexity index is 513. The molecule has 0 saturated heterocycles. The summed E-state index contributed by atoms with van der Waals surface area (Å²) in [6, 6.07) is 18.3. The first kappa shape index (κ1) is 12.6. The molecule has 18 heavy (non-hydrogen) atoms. The monoisotopic (exact) mass is 238 g/mol. The molecule has 0 aliphatic rings. The van der Waals surface area contributed by atoms with Gasteiger partial charge in [-0.3, -0.25) is 0 Å². The van der Waals surface area contributed by atoms with E-state index in [0.717, 1.165) is 18.3 Å². The van der Waals surface area contributed by atoms with Crippen molar-refractivity contribution in [3.63, 3.8) is 0 Å². The summed E-state index contributed by atoms with van der Waals surface area (Å²) in [6.45, 7) is 4.06. The number of aryl methyl sites for hydroxylation is 1. The maximum atomic E-state index is 11.5. The van der Waals surface area contributed by atoms with Crippen LogP contribution in [-0.4, -0.2) is 6.29 Å². The number of aldehydes is 1. The van der Waals surface area contributed by atoms with Crippen LogP contribution in [-0.2, 0) is 16.6 Å². The molecule has 2 aromatic carbocycles. The van der Waals surface area contributed by atoms with Gasteiger partial charge in [0.15, 0.2) is 0 Å². The maximum Gasteiger partial charge on any atom is 0.130 e. The van der Waals surface area contributed by atoms with Gasteiger partial charge in [0.1, 0.15) is 6.29 Å². The van der Waals surface area contributed by atoms with Crippen LogP contribution >= 0.6 is 0 Å². The van der Waals surface area contributed by atoms with Gasteiger partial charge in [-0.1, -0.05) is 60.2 Å². The van der Waals surface area contributed by atoms with E-state index < -0.39 is 5.41 Å². The second kappa shape index (κ2) is 5.18. The average molecular weight is 238 g/mol. The van der Waals surface area contributed by atoms with Crippen LogP contribution in [0, 0.1) is 6.92 Å². The lowest BCUT2D eigenvalue weighted by atomic mass is 9.78. The molecule has 2 aromatic rings. The third-order valence-corrected chi connectivity index (χ3v) is 3.39. The van der Waals surface area contributed by atoms with Crippen LogP contribution in [0.5, 0.6) is 0 Å². The van der Waals surface area contributed by atoms with Gasteiger partial charge in [-0.15, -0.1) is 0 Å². The molecule has 0 aliphatic heterocycles. The second-order valence-electron chi connectivity index (χ2n) is 5.06. The van der Waals surface area contributed by atoms with E-state index in [4.69, 9.17) is 0 Å². The molecule has 0 radical (unpaired) electrons. The quantitative estimate of drug-likeness (QED) is 0.742. The standard InChI is InChI=1S/C17H18O/c1-14-8-10-15(11-9-14)12-17(2,13-18)16-6-4-3-5-7-16/h3-11,13H,12H2,1-2H3. The van der Waals surface area contributed by atoms with Crippen molar-refractivity contribution in [3.8, 4) is 0 Å². The highest BCUT2D eigenvalue weighted by atomic mass is 16.1. The zero-order chi connectivity index (χ0) is 13.0. The van der Waals surface area contributed by atoms with E-state index in [-0.39, 0.29) is 0 Å². The lowest BCUT2D eigenvalue weighted by molar-refractivity contribution is -0.112. The first-order valence-electron chi connectivity index (χ1n) is 6.21. The predicted octanol–water partition coefficient (Wildman–Crippen LogP) is 3.69. The van der Waals surface area contributed by atoms with Crippen LogP contribution in [0.15, 0.2) is 54.6 Å². The Morgan fingerprint density at radius 1 is 1.00 bits per heavy atom. The molecular formula is C17H18O. The number of rotatable bonds is 4. The molecule has 1 nitrogen and oxygen atoms in total. The van der Waals surface area contributed by atoms with Gasteiger partial charge < -0.3 is 4.79 Å². The summed E-state index contributed by atoms with van der Waals surface area (Å²) in [7, 11) is 0. The zero-order valence-electron chi connectivity index (χ0n) is 10.9. The van der Waals surface area contributed by atoms with Crippen LogP contribution in [0.4, 0.5) is 0 Å². The van der Waals surface area contributed by atoms with Crippen molar-refractivity contribution < 1.29 is 4.79 Å². The summed E-state index contributed by atoms with van der Waals surface area (Å²) < 4.78 is 0. The Balaban J connectivity index is 2.29. The second-order valence-corrected chi connectivity index (χ2v) is 5.06. The summed E-state index contributed by atoms with van der Waals surface area (Å²) in [5.41, 5.74) is 3.06. The smallest absolute Gasteiger partial charge is 0.130 e. The molecule has 0 fully saturated rings. The number of hydrogen-bond acceptors (Lipinski definition) is 1. The third kappa shape index (κ3) is 2.67. The van der Waals surface area contributed by atoms with Crippen molar-refractivity contribution in [3.05, 3.63) is 71.3 Å². The minimum atomic E-state index is -0.448. The Morgan fingerprint density at radius 3 is 2.17 bits per heavy atom. The van der Waals surface area contributed by atoms with E-state index in [1.807, 2.05) is 37.3 Å². The first-order chi connectivity index (χ1) is 8.64. The van der Waals surface area contributed by atoms with Crippen molar-refractivity contribution in [1.29, 1.82) is 0 Å². The van der Waals surface area contributed by atoms with Gasteiger partial charge in [-0.25, -0.2) is 0 Å². The highest BCUT2D eigenvalue weighted by Crippen LogP contribution is 2.26. The van der Waals surface area contributed by atoms with Crippen molar-refractivity contribution in [2.24, 2.45) is 0 Å². The fraction of sp³-hybridized carbons (Fsp3) is 0.235. The largest absolute Gasteiger partial charge is 0.302 e. The number of hydrogen-bond donors (Lipinski definition) is 0. The molecule has 0 aliphatic carbocycles. The number of carbonyl (C=O) groups excluding carboxylic acids is 1. The van der Waals surface area contributed by atoms with E-state index in [1.165, 1.54) is 11.1 Å². The molecule has 1 heteroatoms. The van der Waals surface area contributed by atoms with Gasteiger partial charge in [0.25, 0.3) is 0 Å². The number of carbonyl (C=O) groups is 1. The predicted molar refractivity (Wildman–Crippen MR) is 74.7 cm³/mol. The number of benzene rings is 2. The van der Waals surface area contributed by atoms with Crippen LogP contribution in [0.25, 0.3) is 0 Å². The molecule has 1 atom stereocenters. The first-order valence-corrected chi connectivity index (χ1v) is 6.21. The molecule has 0 heterocycles. The van der Waals surface area contributed by atoms with Crippen LogP contribution in [0.1, 0.15) is 23.6 Å². The topological polar surface area (TPSA) is 17.1 Å². The van der Waals surface area contributed by atoms with Crippen LogP contribution in [0.2, 0.25) is 0 Å². The Morgan fingerprint density at radius 2 is 1.61 bits per heavy atom. The maximum absolute atomic E-state index is 11.5. The summed E-state index contributed by atoms with van der Waals surface area (Å²) in [5.74, 6) is 0. The van der Waals surface area contributed by atoms with Gasteiger partial charge in [-0.05, 0) is 31.4 Å². The van der Waals surface area contributed by atoms with E-state index in [9.17, 15) is 4.79 Å². The van der Waals surface area contributed by atoms with Crippen molar-refractivity contribution in [1.82, 2.24) is 0 Å². The third-order valence-electron chi connectivity index (χ3n) is 3.39. The molecule has 0 bridgehead atoms. The lowest BCUT2D eigenvalue weighted by Crippen LogP contribution is -2.26. The van der Waals surface area contributed by atoms with Crippen molar-refractivity contribution >= 4 is 6.29 Å². The SMILES string of the molecule is Cc1ccc(CC(C)(C=O)c2ccccc2)cc1. The zero-order valence-corrected chi connectivity index (χ0v) is 10.9. The average Bonchev–Trinajstić information content (AvgIpc) is 2.42. The van der Waals surface area contributed by atoms with Gasteiger partial charge in [0.2, 0.25) is 0 Å². The van der Waals surface area contributed by atoms with Crippen LogP contribution < -0.4 is 0 Å². The molecule has 1 unspecified atom stereocenters. The molecule has 0 saturated carbocycles. The van der Waals surface area contributed by atoms with E-state index in [2.05, 4.69) is 31.2 Å².